The van der Waals surface area contributed by atoms with Gasteiger partial charge in [-0.1, -0.05) is 12.1 Å². The van der Waals surface area contributed by atoms with Gasteiger partial charge in [-0.25, -0.2) is 0 Å². The van der Waals surface area contributed by atoms with Crippen molar-refractivity contribution < 1.29 is 33.2 Å². The minimum atomic E-state index is -0.196. The number of nitrogens with zero attached hydrogens (tertiary/aromatic N) is 4. The molecule has 0 N–H and O–H groups in total. The molecule has 2 aliphatic heterocycles. The Morgan fingerprint density at radius 3 is 1.33 bits per heavy atom. The third-order valence-corrected chi connectivity index (χ3v) is 8.77. The van der Waals surface area contributed by atoms with Crippen LogP contribution in [0.2, 0.25) is 0 Å². The third kappa shape index (κ3) is 7.35. The van der Waals surface area contributed by atoms with Crippen molar-refractivity contribution in [2.24, 2.45) is 10.2 Å². The fourth-order valence-electron chi connectivity index (χ4n) is 6.46. The van der Waals surface area contributed by atoms with Crippen molar-refractivity contribution in [1.82, 2.24) is 0 Å². The van der Waals surface area contributed by atoms with Crippen molar-refractivity contribution in [3.63, 3.8) is 0 Å². The Labute approximate surface area is 305 Å². The first-order valence-corrected chi connectivity index (χ1v) is 17.4. The summed E-state index contributed by atoms with van der Waals surface area (Å²) in [6.45, 7) is 8.97. The summed E-state index contributed by atoms with van der Waals surface area (Å²) in [5.74, 6) is 3.48. The molecule has 6 rings (SSSR count). The summed E-state index contributed by atoms with van der Waals surface area (Å²) in [4.78, 5) is 15.0. The summed E-state index contributed by atoms with van der Waals surface area (Å²) in [5.41, 5.74) is 5.68. The number of hydrogen-bond acceptors (Lipinski definition) is 11. The van der Waals surface area contributed by atoms with Crippen LogP contribution in [0.15, 0.2) is 83.0 Å². The van der Waals surface area contributed by atoms with Crippen LogP contribution >= 0.6 is 0 Å². The van der Waals surface area contributed by atoms with E-state index in [0.29, 0.717) is 82.9 Å². The molecular weight excluding hydrogens is 660 g/mol. The molecule has 0 unspecified atom stereocenters. The van der Waals surface area contributed by atoms with Crippen molar-refractivity contribution in [3.8, 4) is 34.5 Å². The van der Waals surface area contributed by atoms with E-state index in [-0.39, 0.29) is 18.0 Å². The van der Waals surface area contributed by atoms with E-state index in [1.807, 2.05) is 111 Å². The van der Waals surface area contributed by atoms with Crippen molar-refractivity contribution in [2.75, 3.05) is 51.5 Å². The summed E-state index contributed by atoms with van der Waals surface area (Å²) in [6, 6.07) is 22.6. The van der Waals surface area contributed by atoms with Crippen LogP contribution in [0, 0.1) is 0 Å². The van der Waals surface area contributed by atoms with Crippen LogP contribution in [0.5, 0.6) is 34.5 Å². The molecule has 11 nitrogen and oxygen atoms in total. The molecule has 0 bridgehead atoms. The van der Waals surface area contributed by atoms with Crippen LogP contribution in [-0.4, -0.2) is 70.9 Å². The van der Waals surface area contributed by atoms with Gasteiger partial charge >= 0.3 is 0 Å². The summed E-state index contributed by atoms with van der Waals surface area (Å²) in [6.07, 6.45) is 1.05. The fraction of sp³-hybridized carbons (Fsp3) is 0.341. The van der Waals surface area contributed by atoms with Crippen molar-refractivity contribution in [3.05, 3.63) is 95.1 Å². The number of benzene rings is 4. The molecule has 2 heterocycles. The molecule has 4 aromatic carbocycles. The lowest BCUT2D eigenvalue weighted by atomic mass is 9.98. The predicted octanol–water partition coefficient (Wildman–Crippen LogP) is 7.76. The van der Waals surface area contributed by atoms with E-state index in [2.05, 4.69) is 0 Å². The van der Waals surface area contributed by atoms with Crippen molar-refractivity contribution in [1.29, 1.82) is 0 Å². The first-order chi connectivity index (χ1) is 25.1. The highest BCUT2D eigenvalue weighted by molar-refractivity contribution is 6.17. The normalized spacial score (nSPS) is 14.0. The maximum absolute atomic E-state index is 15.0. The molecule has 4 aromatic rings. The van der Waals surface area contributed by atoms with Gasteiger partial charge in [0, 0.05) is 37.1 Å². The van der Waals surface area contributed by atoms with Crippen LogP contribution in [0.1, 0.15) is 67.6 Å². The highest BCUT2D eigenvalue weighted by Gasteiger charge is 2.31. The molecule has 11 heteroatoms. The molecule has 0 amide bonds. The Morgan fingerprint density at radius 1 is 0.558 bits per heavy atom. The predicted molar refractivity (Wildman–Crippen MR) is 204 cm³/mol. The van der Waals surface area contributed by atoms with Crippen LogP contribution in [0.3, 0.4) is 0 Å². The minimum Gasteiger partial charge on any atom is -0.493 e. The number of ketones is 1. The number of ether oxygens (including phenoxy) is 6. The van der Waals surface area contributed by atoms with E-state index in [0.717, 1.165) is 22.6 Å². The number of carbonyl (C=O) groups is 1. The second-order valence-electron chi connectivity index (χ2n) is 12.9. The number of methoxy groups -OCH3 is 4. The summed E-state index contributed by atoms with van der Waals surface area (Å²) in [5, 5.41) is 13.8. The summed E-state index contributed by atoms with van der Waals surface area (Å²) in [7, 11) is 6.45. The monoisotopic (exact) mass is 706 g/mol. The van der Waals surface area contributed by atoms with E-state index < -0.39 is 0 Å². The molecule has 0 aliphatic carbocycles. The van der Waals surface area contributed by atoms with E-state index in [1.165, 1.54) is 0 Å². The molecule has 0 aromatic heterocycles. The average Bonchev–Trinajstić information content (AvgIpc) is 3.84. The van der Waals surface area contributed by atoms with Crippen molar-refractivity contribution in [2.45, 2.75) is 52.7 Å². The lowest BCUT2D eigenvalue weighted by Gasteiger charge is -2.25. The number of para-hydroxylation sites is 2. The first kappa shape index (κ1) is 36.1. The Kier molecular flexibility index (Phi) is 10.9. The maximum Gasteiger partial charge on any atom is 0.197 e. The summed E-state index contributed by atoms with van der Waals surface area (Å²) < 4.78 is 34.6. The van der Waals surface area contributed by atoms with E-state index in [1.54, 1.807) is 28.4 Å². The number of hydrazone groups is 2. The molecule has 0 atom stereocenters. The standard InChI is InChI=1S/C41H46N4O7/c1-25(2)51-35-13-9-11-29(39(35)44-21-19-31(42-44)27-15-17-33(47-5)37(23-27)49-7)41(46)30-12-10-14-36(52-26(3)4)40(30)45-22-20-32(43-45)28-16-18-34(48-6)38(24-28)50-8/h9-18,23-26H,19-22H2,1-8H3. The maximum atomic E-state index is 15.0. The molecule has 0 saturated carbocycles. The van der Waals surface area contributed by atoms with Gasteiger partial charge < -0.3 is 28.4 Å². The van der Waals surface area contributed by atoms with Crippen LogP contribution in [0.25, 0.3) is 0 Å². The highest BCUT2D eigenvalue weighted by atomic mass is 16.5. The minimum absolute atomic E-state index is 0.131. The van der Waals surface area contributed by atoms with Gasteiger partial charge in [-0.05, 0) is 88.4 Å². The lowest BCUT2D eigenvalue weighted by molar-refractivity contribution is 0.103. The van der Waals surface area contributed by atoms with E-state index in [9.17, 15) is 4.79 Å². The van der Waals surface area contributed by atoms with Crippen molar-refractivity contribution >= 4 is 28.6 Å². The third-order valence-electron chi connectivity index (χ3n) is 8.77. The molecule has 0 radical (unpaired) electrons. The first-order valence-electron chi connectivity index (χ1n) is 17.4. The molecule has 2 aliphatic rings. The highest BCUT2D eigenvalue weighted by Crippen LogP contribution is 2.42. The number of hydrogen-bond donors (Lipinski definition) is 0. The quantitative estimate of drug-likeness (QED) is 0.122. The molecule has 272 valence electrons. The number of carbonyl (C=O) groups excluding carboxylic acids is 1. The fourth-order valence-corrected chi connectivity index (χ4v) is 6.46. The van der Waals surface area contributed by atoms with Gasteiger partial charge in [0.1, 0.15) is 22.9 Å². The number of anilines is 2. The molecule has 52 heavy (non-hydrogen) atoms. The SMILES string of the molecule is COc1ccc(C2=NN(c3c(OC(C)C)cccc3C(=O)c3cccc(OC(C)C)c3N3CCC(c4ccc(OC)c(OC)c4)=N3)CC2)cc1OC. The molecule has 0 fully saturated rings. The topological polar surface area (TPSA) is 104 Å². The van der Waals surface area contributed by atoms with Gasteiger partial charge in [0.2, 0.25) is 0 Å². The largest absolute Gasteiger partial charge is 0.493 e. The lowest BCUT2D eigenvalue weighted by Crippen LogP contribution is -2.22. The van der Waals surface area contributed by atoms with Gasteiger partial charge in [-0.15, -0.1) is 0 Å². The molecule has 0 saturated heterocycles. The van der Waals surface area contributed by atoms with Gasteiger partial charge in [0.15, 0.2) is 28.8 Å². The van der Waals surface area contributed by atoms with Crippen LogP contribution < -0.4 is 38.4 Å². The van der Waals surface area contributed by atoms with E-state index >= 15 is 0 Å². The zero-order chi connectivity index (χ0) is 36.9. The Balaban J connectivity index is 1.43. The zero-order valence-corrected chi connectivity index (χ0v) is 31.1. The number of rotatable bonds is 14. The van der Waals surface area contributed by atoms with Gasteiger partial charge in [0.25, 0.3) is 0 Å². The van der Waals surface area contributed by atoms with Crippen LogP contribution in [0.4, 0.5) is 11.4 Å². The van der Waals surface area contributed by atoms with Gasteiger partial charge in [0.05, 0.1) is 63.2 Å². The van der Waals surface area contributed by atoms with E-state index in [4.69, 9.17) is 38.6 Å². The summed E-state index contributed by atoms with van der Waals surface area (Å²) >= 11 is 0. The zero-order valence-electron chi connectivity index (χ0n) is 31.1. The van der Waals surface area contributed by atoms with Gasteiger partial charge in [-0.2, -0.15) is 10.2 Å². The van der Waals surface area contributed by atoms with Gasteiger partial charge in [-0.3, -0.25) is 14.8 Å². The second kappa shape index (κ2) is 15.7. The smallest absolute Gasteiger partial charge is 0.197 e. The van der Waals surface area contributed by atoms with Crippen LogP contribution in [-0.2, 0) is 0 Å². The Bertz CT molecular complexity index is 1860. The molecular formula is C41H46N4O7. The average molecular weight is 707 g/mol. The Hall–Kier alpha value is -5.71. The second-order valence-corrected chi connectivity index (χ2v) is 12.9. The Morgan fingerprint density at radius 2 is 0.962 bits per heavy atom. The molecule has 0 spiro atoms.